The van der Waals surface area contributed by atoms with Crippen LogP contribution in [-0.4, -0.2) is 50.1 Å². The fourth-order valence-electron chi connectivity index (χ4n) is 8.14. The first-order chi connectivity index (χ1) is 24.1. The van der Waals surface area contributed by atoms with Gasteiger partial charge in [-0.1, -0.05) is 214 Å². The van der Waals surface area contributed by atoms with Crippen molar-refractivity contribution in [2.75, 3.05) is 40.3 Å². The molecule has 0 aromatic heterocycles. The number of unbranched alkanes of at least 4 members (excludes halogenated alkanes) is 26. The summed E-state index contributed by atoms with van der Waals surface area (Å²) >= 11 is 0. The molecule has 49 heavy (non-hydrogen) atoms. The summed E-state index contributed by atoms with van der Waals surface area (Å²) in [5, 5.41) is 0. The molecule has 2 unspecified atom stereocenters. The Bertz CT molecular complexity index is 589. The minimum absolute atomic E-state index is 0.928. The van der Waals surface area contributed by atoms with Gasteiger partial charge in [0.2, 0.25) is 0 Å². The van der Waals surface area contributed by atoms with Crippen LogP contribution in [0, 0.1) is 11.8 Å². The first kappa shape index (κ1) is 48.9. The lowest BCUT2D eigenvalue weighted by molar-refractivity contribution is 0.170. The lowest BCUT2D eigenvalue weighted by Crippen LogP contribution is -2.35. The highest BCUT2D eigenvalue weighted by Gasteiger charge is 2.19. The zero-order valence-corrected chi connectivity index (χ0v) is 35.6. The Morgan fingerprint density at radius 2 is 0.531 bits per heavy atom. The van der Waals surface area contributed by atoms with Crippen molar-refractivity contribution >= 4 is 0 Å². The van der Waals surface area contributed by atoms with E-state index in [9.17, 15) is 0 Å². The molecule has 0 aromatic rings. The van der Waals surface area contributed by atoms with Crippen molar-refractivity contribution in [3.05, 3.63) is 0 Å². The summed E-state index contributed by atoms with van der Waals surface area (Å²) in [5.74, 6) is 1.86. The molecule has 0 bridgehead atoms. The molecular formula is C47H98N2. The largest absolute Gasteiger partial charge is 0.309 e. The van der Waals surface area contributed by atoms with Gasteiger partial charge in [0.25, 0.3) is 0 Å². The van der Waals surface area contributed by atoms with Crippen molar-refractivity contribution in [1.29, 1.82) is 0 Å². The third kappa shape index (κ3) is 37.5. The van der Waals surface area contributed by atoms with Gasteiger partial charge in [0.05, 0.1) is 0 Å². The molecule has 0 heterocycles. The van der Waals surface area contributed by atoms with E-state index in [1.165, 1.54) is 251 Å². The molecule has 2 heteroatoms. The fourth-order valence-corrected chi connectivity index (χ4v) is 8.14. The van der Waals surface area contributed by atoms with Crippen LogP contribution >= 0.6 is 0 Å². The third-order valence-electron chi connectivity index (χ3n) is 11.5. The van der Waals surface area contributed by atoms with Crippen molar-refractivity contribution in [3.63, 3.8) is 0 Å². The van der Waals surface area contributed by atoms with Crippen LogP contribution in [0.15, 0.2) is 0 Å². The summed E-state index contributed by atoms with van der Waals surface area (Å²) in [4.78, 5) is 5.39. The summed E-state index contributed by atoms with van der Waals surface area (Å²) in [5.41, 5.74) is 0. The molecule has 2 nitrogen and oxygen atoms in total. The smallest absolute Gasteiger partial charge is 0.000977 e. The van der Waals surface area contributed by atoms with Crippen molar-refractivity contribution in [2.24, 2.45) is 11.8 Å². The monoisotopic (exact) mass is 691 g/mol. The van der Waals surface area contributed by atoms with E-state index in [0.29, 0.717) is 0 Å². The molecular weight excluding hydrogens is 593 g/mol. The Hall–Kier alpha value is -0.0800. The van der Waals surface area contributed by atoms with E-state index in [2.05, 4.69) is 51.6 Å². The predicted molar refractivity (Wildman–Crippen MR) is 226 cm³/mol. The van der Waals surface area contributed by atoms with Crippen LogP contribution in [0.2, 0.25) is 0 Å². The van der Waals surface area contributed by atoms with Gasteiger partial charge >= 0.3 is 0 Å². The second-order valence-electron chi connectivity index (χ2n) is 17.0. The van der Waals surface area contributed by atoms with Gasteiger partial charge in [0.1, 0.15) is 0 Å². The van der Waals surface area contributed by atoms with E-state index in [1.807, 2.05) is 0 Å². The van der Waals surface area contributed by atoms with Crippen molar-refractivity contribution < 1.29 is 0 Å². The van der Waals surface area contributed by atoms with E-state index >= 15 is 0 Å². The molecule has 0 N–H and O–H groups in total. The lowest BCUT2D eigenvalue weighted by Gasteiger charge is -2.32. The molecule has 2 atom stereocenters. The zero-order chi connectivity index (χ0) is 35.9. The molecule has 0 fully saturated rings. The number of rotatable bonds is 42. The summed E-state index contributed by atoms with van der Waals surface area (Å²) in [6.45, 7) is 14.8. The van der Waals surface area contributed by atoms with Gasteiger partial charge in [-0.25, -0.2) is 0 Å². The van der Waals surface area contributed by atoms with E-state index < -0.39 is 0 Å². The Morgan fingerprint density at radius 3 is 0.837 bits per heavy atom. The number of hydrogen-bond donors (Lipinski definition) is 0. The van der Waals surface area contributed by atoms with Crippen LogP contribution in [0.5, 0.6) is 0 Å². The highest BCUT2D eigenvalue weighted by atomic mass is 15.1. The van der Waals surface area contributed by atoms with Crippen LogP contribution in [0.4, 0.5) is 0 Å². The van der Waals surface area contributed by atoms with Crippen LogP contribution in [0.1, 0.15) is 252 Å². The van der Waals surface area contributed by atoms with Crippen LogP contribution in [-0.2, 0) is 0 Å². The molecule has 0 spiro atoms. The standard InChI is InChI=1S/C47H98N2/c1-7-11-15-19-22-24-29-35-41-47(40-34-28-21-17-13-9-3)45-49(43-37-31-26-23-25-30-36-42-48(5)6)44-46(38-32-18-14-10-4)39-33-27-20-16-12-8-2/h46-47H,7-45H2,1-6H3. The molecule has 0 aliphatic rings. The molecule has 0 saturated carbocycles. The van der Waals surface area contributed by atoms with Crippen LogP contribution in [0.25, 0.3) is 0 Å². The average molecular weight is 691 g/mol. The van der Waals surface area contributed by atoms with Gasteiger partial charge in [-0.3, -0.25) is 0 Å². The quantitative estimate of drug-likeness (QED) is 0.0588. The van der Waals surface area contributed by atoms with E-state index in [1.54, 1.807) is 0 Å². The highest BCUT2D eigenvalue weighted by molar-refractivity contribution is 4.73. The Balaban J connectivity index is 5.28. The van der Waals surface area contributed by atoms with Gasteiger partial charge in [-0.05, 0) is 77.5 Å². The van der Waals surface area contributed by atoms with Crippen LogP contribution < -0.4 is 0 Å². The molecule has 0 aliphatic carbocycles. The molecule has 0 aliphatic heterocycles. The van der Waals surface area contributed by atoms with Gasteiger partial charge in [-0.15, -0.1) is 0 Å². The molecule has 0 radical (unpaired) electrons. The molecule has 0 aromatic carbocycles. The number of nitrogens with zero attached hydrogens (tertiary/aromatic N) is 2. The second-order valence-corrected chi connectivity index (χ2v) is 17.0. The maximum Gasteiger partial charge on any atom is 0.000977 e. The Morgan fingerprint density at radius 1 is 0.286 bits per heavy atom. The van der Waals surface area contributed by atoms with E-state index in [-0.39, 0.29) is 0 Å². The summed E-state index contributed by atoms with van der Waals surface area (Å²) in [7, 11) is 4.42. The van der Waals surface area contributed by atoms with E-state index in [4.69, 9.17) is 0 Å². The normalized spacial score (nSPS) is 13.2. The maximum absolute atomic E-state index is 3.05. The first-order valence-electron chi connectivity index (χ1n) is 23.4. The van der Waals surface area contributed by atoms with Crippen molar-refractivity contribution in [1.82, 2.24) is 9.80 Å². The van der Waals surface area contributed by atoms with Gasteiger partial charge in [-0.2, -0.15) is 0 Å². The Kier molecular flexibility index (Phi) is 40.6. The van der Waals surface area contributed by atoms with Gasteiger partial charge in [0.15, 0.2) is 0 Å². The van der Waals surface area contributed by atoms with Gasteiger partial charge in [0, 0.05) is 13.1 Å². The second kappa shape index (κ2) is 40.7. The SMILES string of the molecule is CCCCCCCCCCC(CCCCCCCC)CN(CCCCCCCCCN(C)C)CC(CCCCCC)CCCCCCCC. The summed E-state index contributed by atoms with van der Waals surface area (Å²) < 4.78 is 0. The lowest BCUT2D eigenvalue weighted by atomic mass is 9.91. The predicted octanol–water partition coefficient (Wildman–Crippen LogP) is 15.8. The zero-order valence-electron chi connectivity index (χ0n) is 35.6. The third-order valence-corrected chi connectivity index (χ3v) is 11.5. The molecule has 0 saturated heterocycles. The summed E-state index contributed by atoms with van der Waals surface area (Å²) in [6.07, 6.45) is 50.7. The average Bonchev–Trinajstić information content (AvgIpc) is 3.09. The topological polar surface area (TPSA) is 6.48 Å². The highest BCUT2D eigenvalue weighted by Crippen LogP contribution is 2.25. The van der Waals surface area contributed by atoms with Gasteiger partial charge < -0.3 is 9.80 Å². The fraction of sp³-hybridized carbons (Fsp3) is 1.00. The molecule has 296 valence electrons. The minimum Gasteiger partial charge on any atom is -0.309 e. The van der Waals surface area contributed by atoms with E-state index in [0.717, 1.165) is 11.8 Å². The van der Waals surface area contributed by atoms with Crippen LogP contribution in [0.3, 0.4) is 0 Å². The maximum atomic E-state index is 3.05. The molecule has 0 amide bonds. The first-order valence-corrected chi connectivity index (χ1v) is 23.4. The minimum atomic E-state index is 0.928. The summed E-state index contributed by atoms with van der Waals surface area (Å²) in [6, 6.07) is 0. The Labute approximate surface area is 313 Å². The number of hydrogen-bond acceptors (Lipinski definition) is 2. The molecule has 0 rings (SSSR count). The van der Waals surface area contributed by atoms with Crippen molar-refractivity contribution in [3.8, 4) is 0 Å². The van der Waals surface area contributed by atoms with Crippen molar-refractivity contribution in [2.45, 2.75) is 252 Å².